The molecule has 0 saturated heterocycles. The molecule has 0 radical (unpaired) electrons. The lowest BCUT2D eigenvalue weighted by atomic mass is 10.1. The van der Waals surface area contributed by atoms with Crippen molar-refractivity contribution in [1.82, 2.24) is 4.98 Å². The van der Waals surface area contributed by atoms with Crippen molar-refractivity contribution in [2.45, 2.75) is 32.6 Å². The molecule has 2 heteroatoms. The summed E-state index contributed by atoms with van der Waals surface area (Å²) in [6.45, 7) is 2.23. The second-order valence-electron chi connectivity index (χ2n) is 4.07. The molecule has 1 aromatic carbocycles. The third-order valence-corrected chi connectivity index (χ3v) is 3.21. The molecule has 0 amide bonds. The van der Waals surface area contributed by atoms with Crippen molar-refractivity contribution in [2.75, 3.05) is 0 Å². The fraction of sp³-hybridized carbons (Fsp3) is 0.357. The summed E-state index contributed by atoms with van der Waals surface area (Å²) in [5.74, 6) is 0. The van der Waals surface area contributed by atoms with Gasteiger partial charge in [0.15, 0.2) is 0 Å². The van der Waals surface area contributed by atoms with Crippen LogP contribution in [0.1, 0.15) is 31.9 Å². The summed E-state index contributed by atoms with van der Waals surface area (Å²) in [6, 6.07) is 10.5. The normalized spacial score (nSPS) is 10.9. The van der Waals surface area contributed by atoms with Gasteiger partial charge in [0, 0.05) is 11.1 Å². The number of aromatic nitrogens is 1. The van der Waals surface area contributed by atoms with Gasteiger partial charge in [-0.15, -0.1) is 0 Å². The van der Waals surface area contributed by atoms with Crippen molar-refractivity contribution < 1.29 is 0 Å². The van der Waals surface area contributed by atoms with Gasteiger partial charge >= 0.3 is 0 Å². The minimum atomic E-state index is 0.942. The summed E-state index contributed by atoms with van der Waals surface area (Å²) in [7, 11) is 0. The monoisotopic (exact) mass is 277 g/mol. The third-order valence-electron chi connectivity index (χ3n) is 2.81. The highest BCUT2D eigenvalue weighted by Gasteiger charge is 2.03. The fourth-order valence-electron chi connectivity index (χ4n) is 1.97. The van der Waals surface area contributed by atoms with Crippen molar-refractivity contribution in [1.29, 1.82) is 0 Å². The van der Waals surface area contributed by atoms with Crippen LogP contribution in [-0.2, 0) is 6.42 Å². The summed E-state index contributed by atoms with van der Waals surface area (Å²) < 4.78 is 0.942. The Labute approximate surface area is 105 Å². The molecule has 0 fully saturated rings. The molecule has 0 unspecified atom stereocenters. The lowest BCUT2D eigenvalue weighted by molar-refractivity contribution is 0.709. The third kappa shape index (κ3) is 2.62. The zero-order valence-electron chi connectivity index (χ0n) is 9.54. The topological polar surface area (TPSA) is 12.9 Å². The Bertz CT molecular complexity index is 479. The number of unbranched alkanes of at least 4 members (excludes halogenated alkanes) is 2. The summed E-state index contributed by atoms with van der Waals surface area (Å²) >= 11 is 3.48. The quantitative estimate of drug-likeness (QED) is 0.582. The molecule has 1 nitrogen and oxygen atoms in total. The summed E-state index contributed by atoms with van der Waals surface area (Å²) in [5, 5.41) is 2.57. The van der Waals surface area contributed by atoms with E-state index in [0.717, 1.165) is 11.0 Å². The number of pyridine rings is 1. The molecule has 1 aromatic heterocycles. The van der Waals surface area contributed by atoms with E-state index in [1.54, 1.807) is 0 Å². The number of fused-ring (bicyclic) bond motifs is 1. The molecule has 0 aliphatic carbocycles. The predicted molar refractivity (Wildman–Crippen MR) is 72.7 cm³/mol. The number of rotatable bonds is 4. The molecule has 2 aromatic rings. The van der Waals surface area contributed by atoms with E-state index >= 15 is 0 Å². The van der Waals surface area contributed by atoms with Gasteiger partial charge in [-0.05, 0) is 40.2 Å². The molecule has 84 valence electrons. The van der Waals surface area contributed by atoms with E-state index in [1.807, 2.05) is 0 Å². The summed E-state index contributed by atoms with van der Waals surface area (Å²) in [5.41, 5.74) is 1.22. The number of halogens is 1. The molecule has 0 saturated carbocycles. The number of hydrogen-bond donors (Lipinski definition) is 0. The van der Waals surface area contributed by atoms with Gasteiger partial charge in [0.05, 0.1) is 0 Å². The molecule has 0 aliphatic heterocycles. The van der Waals surface area contributed by atoms with E-state index in [-0.39, 0.29) is 0 Å². The van der Waals surface area contributed by atoms with E-state index in [0.29, 0.717) is 0 Å². The first kappa shape index (κ1) is 11.6. The minimum Gasteiger partial charge on any atom is -0.245 e. The number of nitrogens with zero attached hydrogens (tertiary/aromatic N) is 1. The molecule has 1 heterocycles. The average molecular weight is 278 g/mol. The van der Waals surface area contributed by atoms with Crippen LogP contribution in [0.5, 0.6) is 0 Å². The van der Waals surface area contributed by atoms with Crippen LogP contribution in [0.25, 0.3) is 10.8 Å². The first-order valence-electron chi connectivity index (χ1n) is 5.85. The van der Waals surface area contributed by atoms with Crippen LogP contribution in [0, 0.1) is 0 Å². The fourth-order valence-corrected chi connectivity index (χ4v) is 2.43. The van der Waals surface area contributed by atoms with Crippen molar-refractivity contribution in [3.05, 3.63) is 40.6 Å². The van der Waals surface area contributed by atoms with E-state index in [4.69, 9.17) is 0 Å². The van der Waals surface area contributed by atoms with E-state index in [2.05, 4.69) is 58.2 Å². The SMILES string of the molecule is CCCCCc1nc(Br)cc2ccccc12. The first-order valence-corrected chi connectivity index (χ1v) is 6.64. The Hall–Kier alpha value is -0.890. The molecule has 0 bridgehead atoms. The number of aryl methyl sites for hydroxylation is 1. The maximum atomic E-state index is 4.59. The molecule has 0 N–H and O–H groups in total. The Balaban J connectivity index is 2.34. The Morgan fingerprint density at radius 3 is 2.81 bits per heavy atom. The Morgan fingerprint density at radius 2 is 2.00 bits per heavy atom. The highest BCUT2D eigenvalue weighted by Crippen LogP contribution is 2.22. The lowest BCUT2D eigenvalue weighted by Gasteiger charge is -2.06. The smallest absolute Gasteiger partial charge is 0.107 e. The molecule has 2 rings (SSSR count). The first-order chi connectivity index (χ1) is 7.81. The van der Waals surface area contributed by atoms with Crippen LogP contribution >= 0.6 is 15.9 Å². The zero-order chi connectivity index (χ0) is 11.4. The van der Waals surface area contributed by atoms with Crippen LogP contribution in [0.15, 0.2) is 34.9 Å². The standard InChI is InChI=1S/C14H16BrN/c1-2-3-4-9-13-12-8-6-5-7-11(12)10-14(15)16-13/h5-8,10H,2-4,9H2,1H3. The van der Waals surface area contributed by atoms with Crippen molar-refractivity contribution in [3.63, 3.8) is 0 Å². The molecular formula is C14H16BrN. The molecule has 0 atom stereocenters. The van der Waals surface area contributed by atoms with Gasteiger partial charge in [-0.2, -0.15) is 0 Å². The Kier molecular flexibility index (Phi) is 3.94. The molecular weight excluding hydrogens is 262 g/mol. The Morgan fingerprint density at radius 1 is 1.19 bits per heavy atom. The van der Waals surface area contributed by atoms with Crippen LogP contribution in [0.4, 0.5) is 0 Å². The predicted octanol–water partition coefficient (Wildman–Crippen LogP) is 4.73. The summed E-state index contributed by atoms with van der Waals surface area (Å²) in [4.78, 5) is 4.59. The minimum absolute atomic E-state index is 0.942. The van der Waals surface area contributed by atoms with Crippen molar-refractivity contribution >= 4 is 26.7 Å². The zero-order valence-corrected chi connectivity index (χ0v) is 11.1. The van der Waals surface area contributed by atoms with E-state index < -0.39 is 0 Å². The van der Waals surface area contributed by atoms with Gasteiger partial charge in [0.25, 0.3) is 0 Å². The maximum absolute atomic E-state index is 4.59. The maximum Gasteiger partial charge on any atom is 0.107 e. The van der Waals surface area contributed by atoms with Gasteiger partial charge in [-0.1, -0.05) is 44.0 Å². The van der Waals surface area contributed by atoms with Crippen LogP contribution < -0.4 is 0 Å². The molecule has 16 heavy (non-hydrogen) atoms. The van der Waals surface area contributed by atoms with Gasteiger partial charge in [-0.3, -0.25) is 0 Å². The lowest BCUT2D eigenvalue weighted by Crippen LogP contribution is -1.93. The molecule has 0 aliphatic rings. The number of benzene rings is 1. The summed E-state index contributed by atoms with van der Waals surface area (Å²) in [6.07, 6.45) is 4.84. The largest absolute Gasteiger partial charge is 0.245 e. The second kappa shape index (κ2) is 5.44. The van der Waals surface area contributed by atoms with Crippen LogP contribution in [-0.4, -0.2) is 4.98 Å². The van der Waals surface area contributed by atoms with Gasteiger partial charge in [0.2, 0.25) is 0 Å². The molecule has 0 spiro atoms. The highest BCUT2D eigenvalue weighted by molar-refractivity contribution is 9.10. The van der Waals surface area contributed by atoms with Gasteiger partial charge in [-0.25, -0.2) is 4.98 Å². The van der Waals surface area contributed by atoms with Crippen molar-refractivity contribution in [3.8, 4) is 0 Å². The van der Waals surface area contributed by atoms with E-state index in [9.17, 15) is 0 Å². The van der Waals surface area contributed by atoms with Gasteiger partial charge in [0.1, 0.15) is 4.60 Å². The van der Waals surface area contributed by atoms with Crippen LogP contribution in [0.2, 0.25) is 0 Å². The number of hydrogen-bond acceptors (Lipinski definition) is 1. The van der Waals surface area contributed by atoms with Crippen molar-refractivity contribution in [2.24, 2.45) is 0 Å². The average Bonchev–Trinajstić information content (AvgIpc) is 2.29. The van der Waals surface area contributed by atoms with Gasteiger partial charge < -0.3 is 0 Å². The highest BCUT2D eigenvalue weighted by atomic mass is 79.9. The van der Waals surface area contributed by atoms with Crippen LogP contribution in [0.3, 0.4) is 0 Å². The van der Waals surface area contributed by atoms with E-state index in [1.165, 1.54) is 35.7 Å². The second-order valence-corrected chi connectivity index (χ2v) is 4.88.